The Balaban J connectivity index is 2.33. The van der Waals surface area contributed by atoms with Crippen molar-refractivity contribution in [3.8, 4) is 16.9 Å². The highest BCUT2D eigenvalue weighted by molar-refractivity contribution is 7.20. The molecule has 1 aromatic heterocycles. The van der Waals surface area contributed by atoms with E-state index in [9.17, 15) is 4.79 Å². The van der Waals surface area contributed by atoms with Crippen molar-refractivity contribution in [2.75, 3.05) is 6.61 Å². The summed E-state index contributed by atoms with van der Waals surface area (Å²) in [5.41, 5.74) is 4.17. The average Bonchev–Trinajstić information content (AvgIpc) is 3.17. The Morgan fingerprint density at radius 1 is 1.15 bits per heavy atom. The zero-order chi connectivity index (χ0) is 24.3. The minimum absolute atomic E-state index is 0.222. The highest BCUT2D eigenvalue weighted by Crippen LogP contribution is 2.45. The van der Waals surface area contributed by atoms with Gasteiger partial charge in [0.05, 0.1) is 6.61 Å². The molecule has 176 valence electrons. The number of rotatable bonds is 9. The van der Waals surface area contributed by atoms with Crippen LogP contribution in [0.1, 0.15) is 82.2 Å². The van der Waals surface area contributed by atoms with Crippen LogP contribution in [0.25, 0.3) is 26.8 Å². The number of allylic oxidation sites excluding steroid dienone is 1. The van der Waals surface area contributed by atoms with E-state index in [2.05, 4.69) is 46.8 Å². The lowest BCUT2D eigenvalue weighted by atomic mass is 9.88. The molecule has 2 aromatic carbocycles. The number of hydrogen-bond donors (Lipinski definition) is 1. The molecule has 5 heteroatoms. The van der Waals surface area contributed by atoms with Crippen LogP contribution in [-0.4, -0.2) is 17.7 Å². The van der Waals surface area contributed by atoms with Gasteiger partial charge < -0.3 is 9.84 Å². The van der Waals surface area contributed by atoms with Crippen LogP contribution in [0.2, 0.25) is 0 Å². The van der Waals surface area contributed by atoms with Crippen molar-refractivity contribution >= 4 is 33.0 Å². The molecule has 0 aliphatic rings. The van der Waals surface area contributed by atoms with Gasteiger partial charge in [-0.2, -0.15) is 0 Å². The molecule has 0 aliphatic heterocycles. The second-order valence-electron chi connectivity index (χ2n) is 9.11. The fourth-order valence-electron chi connectivity index (χ4n) is 3.91. The lowest BCUT2D eigenvalue weighted by molar-refractivity contribution is -0.131. The van der Waals surface area contributed by atoms with E-state index in [1.807, 2.05) is 6.07 Å². The minimum Gasteiger partial charge on any atom is -0.493 e. The van der Waals surface area contributed by atoms with Gasteiger partial charge in [-0.25, -0.2) is 9.18 Å². The summed E-state index contributed by atoms with van der Waals surface area (Å²) < 4.78 is 22.7. The lowest BCUT2D eigenvalue weighted by Crippen LogP contribution is -2.05. The van der Waals surface area contributed by atoms with E-state index in [1.165, 1.54) is 23.5 Å². The Hall–Kier alpha value is -2.66. The van der Waals surface area contributed by atoms with Gasteiger partial charge in [-0.1, -0.05) is 47.1 Å². The predicted molar refractivity (Wildman–Crippen MR) is 137 cm³/mol. The predicted octanol–water partition coefficient (Wildman–Crippen LogP) is 8.62. The van der Waals surface area contributed by atoms with E-state index < -0.39 is 5.97 Å². The van der Waals surface area contributed by atoms with E-state index in [0.29, 0.717) is 17.7 Å². The summed E-state index contributed by atoms with van der Waals surface area (Å²) >= 11 is 1.47. The van der Waals surface area contributed by atoms with Gasteiger partial charge in [-0.15, -0.1) is 11.3 Å². The fourth-order valence-corrected chi connectivity index (χ4v) is 4.95. The molecule has 0 spiro atoms. The lowest BCUT2D eigenvalue weighted by Gasteiger charge is -2.22. The molecule has 0 radical (unpaired) electrons. The quantitative estimate of drug-likeness (QED) is 0.252. The Kier molecular flexibility index (Phi) is 7.96. The summed E-state index contributed by atoms with van der Waals surface area (Å²) in [6, 6.07) is 9.43. The molecule has 0 saturated heterocycles. The summed E-state index contributed by atoms with van der Waals surface area (Å²) in [4.78, 5) is 12.0. The largest absolute Gasteiger partial charge is 0.493 e. The van der Waals surface area contributed by atoms with Crippen molar-refractivity contribution in [2.45, 2.75) is 66.2 Å². The molecule has 0 saturated carbocycles. The molecule has 0 aliphatic carbocycles. The molecule has 0 amide bonds. The van der Waals surface area contributed by atoms with Crippen molar-refractivity contribution in [2.24, 2.45) is 0 Å². The summed E-state index contributed by atoms with van der Waals surface area (Å²) in [6.45, 7) is 13.0. The number of carboxylic acids is 1. The van der Waals surface area contributed by atoms with Gasteiger partial charge >= 0.3 is 5.97 Å². The first-order valence-corrected chi connectivity index (χ1v) is 12.4. The van der Waals surface area contributed by atoms with Gasteiger partial charge in [0.1, 0.15) is 11.6 Å². The molecule has 0 atom stereocenters. The smallest absolute Gasteiger partial charge is 0.328 e. The second-order valence-corrected chi connectivity index (χ2v) is 10.2. The van der Waals surface area contributed by atoms with E-state index in [4.69, 9.17) is 9.84 Å². The number of halogens is 1. The maximum atomic E-state index is 15.5. The van der Waals surface area contributed by atoms with E-state index in [-0.39, 0.29) is 17.7 Å². The minimum atomic E-state index is -0.991. The number of carboxylic acid groups (broad SMARTS) is 1. The summed E-state index contributed by atoms with van der Waals surface area (Å²) in [7, 11) is 0. The van der Waals surface area contributed by atoms with E-state index in [1.54, 1.807) is 13.0 Å². The number of carbonyl (C=O) groups is 1. The Labute approximate surface area is 199 Å². The number of benzene rings is 2. The first-order chi connectivity index (χ1) is 15.6. The third-order valence-electron chi connectivity index (χ3n) is 5.82. The van der Waals surface area contributed by atoms with Gasteiger partial charge in [0.2, 0.25) is 0 Å². The van der Waals surface area contributed by atoms with Crippen LogP contribution in [-0.2, 0) is 4.79 Å². The first-order valence-electron chi connectivity index (χ1n) is 11.6. The Morgan fingerprint density at radius 2 is 1.88 bits per heavy atom. The second kappa shape index (κ2) is 10.5. The van der Waals surface area contributed by atoms with Crippen LogP contribution in [0.3, 0.4) is 0 Å². The van der Waals surface area contributed by atoms with Crippen LogP contribution in [0, 0.1) is 5.82 Å². The molecule has 1 N–H and O–H groups in total. The molecular formula is C28H33FO3S. The van der Waals surface area contributed by atoms with Crippen LogP contribution in [0.15, 0.2) is 36.4 Å². The average molecular weight is 469 g/mol. The molecule has 3 aromatic rings. The maximum Gasteiger partial charge on any atom is 0.328 e. The number of fused-ring (bicyclic) bond motifs is 1. The first kappa shape index (κ1) is 25.0. The summed E-state index contributed by atoms with van der Waals surface area (Å²) in [5, 5.41) is 9.93. The number of hydrogen-bond acceptors (Lipinski definition) is 3. The topological polar surface area (TPSA) is 46.5 Å². The number of unbranched alkanes of at least 4 members (excludes halogenated alkanes) is 1. The molecular weight excluding hydrogens is 435 g/mol. The van der Waals surface area contributed by atoms with Crippen LogP contribution >= 0.6 is 11.3 Å². The molecule has 33 heavy (non-hydrogen) atoms. The standard InChI is InChI=1S/C28H33FO3S/c1-7-8-11-32-28-20(17(4)5)13-19(16(2)3)14-22(28)27-21-15-25(18(6)12-26(30)31)33-24(21)10-9-23(27)29/h9-10,12-17H,7-8,11H2,1-6H3,(H,30,31)/b18-12+. The van der Waals surface area contributed by atoms with Crippen molar-refractivity contribution in [3.63, 3.8) is 0 Å². The summed E-state index contributed by atoms with van der Waals surface area (Å²) in [5.74, 6) is -0.0382. The molecule has 3 nitrogen and oxygen atoms in total. The number of ether oxygens (including phenoxy) is 1. The number of thiophene rings is 1. The van der Waals surface area contributed by atoms with Gasteiger partial charge in [-0.3, -0.25) is 0 Å². The number of aliphatic carboxylic acids is 1. The third-order valence-corrected chi connectivity index (χ3v) is 7.06. The highest BCUT2D eigenvalue weighted by Gasteiger charge is 2.22. The zero-order valence-electron chi connectivity index (χ0n) is 20.3. The molecule has 0 unspecified atom stereocenters. The third kappa shape index (κ3) is 5.47. The summed E-state index contributed by atoms with van der Waals surface area (Å²) in [6.07, 6.45) is 3.14. The van der Waals surface area contributed by atoms with E-state index in [0.717, 1.165) is 50.2 Å². The molecule has 0 bridgehead atoms. The van der Waals surface area contributed by atoms with Crippen LogP contribution in [0.4, 0.5) is 4.39 Å². The Morgan fingerprint density at radius 3 is 2.48 bits per heavy atom. The molecule has 1 heterocycles. The maximum absolute atomic E-state index is 15.5. The zero-order valence-corrected chi connectivity index (χ0v) is 21.1. The van der Waals surface area contributed by atoms with Crippen molar-refractivity contribution in [1.29, 1.82) is 0 Å². The van der Waals surface area contributed by atoms with Gasteiger partial charge in [0.15, 0.2) is 0 Å². The van der Waals surface area contributed by atoms with Crippen molar-refractivity contribution < 1.29 is 19.0 Å². The SMILES string of the molecule is CCCCOc1c(-c2c(F)ccc3sc(/C(C)=C/C(=O)O)cc23)cc(C(C)C)cc1C(C)C. The Bertz CT molecular complexity index is 1190. The monoisotopic (exact) mass is 468 g/mol. The van der Waals surface area contributed by atoms with Crippen molar-refractivity contribution in [1.82, 2.24) is 0 Å². The normalized spacial score (nSPS) is 12.2. The van der Waals surface area contributed by atoms with Gasteiger partial charge in [0, 0.05) is 32.2 Å². The fraction of sp³-hybridized carbons (Fsp3) is 0.393. The highest BCUT2D eigenvalue weighted by atomic mass is 32.1. The van der Waals surface area contributed by atoms with Crippen LogP contribution in [0.5, 0.6) is 5.75 Å². The van der Waals surface area contributed by atoms with Gasteiger partial charge in [-0.05, 0) is 66.1 Å². The van der Waals surface area contributed by atoms with Crippen LogP contribution < -0.4 is 4.74 Å². The molecule has 3 rings (SSSR count). The van der Waals surface area contributed by atoms with Crippen molar-refractivity contribution in [3.05, 3.63) is 58.2 Å². The van der Waals surface area contributed by atoms with E-state index >= 15 is 4.39 Å². The molecule has 0 fully saturated rings. The van der Waals surface area contributed by atoms with Gasteiger partial charge in [0.25, 0.3) is 0 Å².